The van der Waals surface area contributed by atoms with Crippen LogP contribution in [-0.2, 0) is 4.74 Å². The molecule has 2 N–H and O–H groups in total. The Morgan fingerprint density at radius 2 is 2.00 bits per heavy atom. The summed E-state index contributed by atoms with van der Waals surface area (Å²) in [5, 5.41) is 6.76. The van der Waals surface area contributed by atoms with Gasteiger partial charge >= 0.3 is 0 Å². The second kappa shape index (κ2) is 10.1. The molecule has 2 aliphatic heterocycles. The Morgan fingerprint density at radius 3 is 2.68 bits per heavy atom. The fourth-order valence-corrected chi connectivity index (χ4v) is 3.19. The van der Waals surface area contributed by atoms with Gasteiger partial charge in [-0.3, -0.25) is 4.99 Å². The molecule has 0 amide bonds. The van der Waals surface area contributed by atoms with E-state index >= 15 is 0 Å². The lowest BCUT2D eigenvalue weighted by molar-refractivity contribution is 0.114. The van der Waals surface area contributed by atoms with Crippen LogP contribution in [0, 0.1) is 5.92 Å². The Kier molecular flexibility index (Phi) is 8.02. The van der Waals surface area contributed by atoms with Gasteiger partial charge in [0.25, 0.3) is 0 Å². The van der Waals surface area contributed by atoms with Crippen LogP contribution >= 0.6 is 0 Å². The van der Waals surface area contributed by atoms with Gasteiger partial charge in [0.2, 0.25) is 0 Å². The highest BCUT2D eigenvalue weighted by Gasteiger charge is 2.16. The molecule has 128 valence electrons. The third kappa shape index (κ3) is 6.53. The maximum absolute atomic E-state index is 5.61. The number of likely N-dealkylation sites (tertiary alicyclic amines) is 1. The first kappa shape index (κ1) is 17.5. The summed E-state index contributed by atoms with van der Waals surface area (Å²) in [4.78, 5) is 6.89. The molecule has 2 heterocycles. The number of guanidine groups is 1. The fourth-order valence-electron chi connectivity index (χ4n) is 3.19. The van der Waals surface area contributed by atoms with E-state index in [1.54, 1.807) is 0 Å². The van der Waals surface area contributed by atoms with Crippen molar-refractivity contribution in [3.8, 4) is 0 Å². The summed E-state index contributed by atoms with van der Waals surface area (Å²) in [5.74, 6) is 1.83. The quantitative estimate of drug-likeness (QED) is 0.428. The number of unbranched alkanes of at least 4 members (excludes halogenated alkanes) is 1. The van der Waals surface area contributed by atoms with Crippen molar-refractivity contribution < 1.29 is 4.74 Å². The number of rotatable bonds is 7. The van der Waals surface area contributed by atoms with Crippen LogP contribution in [0.1, 0.15) is 45.4 Å². The predicted molar refractivity (Wildman–Crippen MR) is 92.4 cm³/mol. The zero-order valence-electron chi connectivity index (χ0n) is 14.4. The minimum Gasteiger partial charge on any atom is -0.376 e. The Labute approximate surface area is 135 Å². The molecule has 0 aromatic carbocycles. The third-order valence-corrected chi connectivity index (χ3v) is 4.81. The number of nitrogens with zero attached hydrogens (tertiary/aromatic N) is 2. The van der Waals surface area contributed by atoms with Crippen molar-refractivity contribution >= 4 is 5.96 Å². The average Bonchev–Trinajstić information content (AvgIpc) is 3.05. The van der Waals surface area contributed by atoms with Gasteiger partial charge in [-0.1, -0.05) is 6.92 Å². The van der Waals surface area contributed by atoms with Gasteiger partial charge in [0.05, 0.1) is 6.10 Å². The Balaban J connectivity index is 1.47. The minimum atomic E-state index is 0.361. The van der Waals surface area contributed by atoms with E-state index in [-0.39, 0.29) is 0 Å². The van der Waals surface area contributed by atoms with Gasteiger partial charge in [-0.15, -0.1) is 0 Å². The van der Waals surface area contributed by atoms with Gasteiger partial charge in [0.15, 0.2) is 5.96 Å². The second-order valence-electron chi connectivity index (χ2n) is 6.75. The molecule has 5 nitrogen and oxygen atoms in total. The van der Waals surface area contributed by atoms with Gasteiger partial charge in [-0.05, 0) is 64.1 Å². The average molecular weight is 310 g/mol. The summed E-state index contributed by atoms with van der Waals surface area (Å²) >= 11 is 0. The number of hydrogen-bond acceptors (Lipinski definition) is 3. The van der Waals surface area contributed by atoms with Crippen LogP contribution in [-0.4, -0.2) is 63.3 Å². The summed E-state index contributed by atoms with van der Waals surface area (Å²) in [5.41, 5.74) is 0. The summed E-state index contributed by atoms with van der Waals surface area (Å²) < 4.78 is 5.61. The van der Waals surface area contributed by atoms with E-state index in [9.17, 15) is 0 Å². The molecule has 1 unspecified atom stereocenters. The SMILES string of the molecule is CN=C(NCCCCN1CCC(C)CC1)NCC1CCCO1. The highest BCUT2D eigenvalue weighted by molar-refractivity contribution is 5.79. The molecular weight excluding hydrogens is 276 g/mol. The van der Waals surface area contributed by atoms with Gasteiger partial charge < -0.3 is 20.3 Å². The van der Waals surface area contributed by atoms with E-state index in [0.29, 0.717) is 6.10 Å². The molecule has 0 spiro atoms. The zero-order valence-corrected chi connectivity index (χ0v) is 14.4. The molecule has 0 saturated carbocycles. The monoisotopic (exact) mass is 310 g/mol. The molecule has 0 radical (unpaired) electrons. The Hall–Kier alpha value is -0.810. The predicted octanol–water partition coefficient (Wildman–Crippen LogP) is 1.84. The molecule has 2 saturated heterocycles. The smallest absolute Gasteiger partial charge is 0.191 e. The molecule has 0 aromatic heterocycles. The summed E-state index contributed by atoms with van der Waals surface area (Å²) in [6, 6.07) is 0. The first-order chi connectivity index (χ1) is 10.8. The van der Waals surface area contributed by atoms with Crippen molar-refractivity contribution in [1.29, 1.82) is 0 Å². The molecule has 5 heteroatoms. The molecule has 0 bridgehead atoms. The van der Waals surface area contributed by atoms with E-state index in [0.717, 1.165) is 31.6 Å². The van der Waals surface area contributed by atoms with E-state index in [1.807, 2.05) is 7.05 Å². The van der Waals surface area contributed by atoms with Crippen molar-refractivity contribution in [2.24, 2.45) is 10.9 Å². The van der Waals surface area contributed by atoms with Gasteiger partial charge in [-0.2, -0.15) is 0 Å². The Bertz CT molecular complexity index is 321. The lowest BCUT2D eigenvalue weighted by atomic mass is 9.99. The summed E-state index contributed by atoms with van der Waals surface area (Å²) in [6.07, 6.45) is 7.93. The number of hydrogen-bond donors (Lipinski definition) is 2. The number of nitrogens with one attached hydrogen (secondary N) is 2. The Morgan fingerprint density at radius 1 is 1.18 bits per heavy atom. The minimum absolute atomic E-state index is 0.361. The van der Waals surface area contributed by atoms with E-state index in [2.05, 4.69) is 27.4 Å². The van der Waals surface area contributed by atoms with Crippen molar-refractivity contribution in [2.75, 3.05) is 46.4 Å². The van der Waals surface area contributed by atoms with E-state index < -0.39 is 0 Å². The van der Waals surface area contributed by atoms with Crippen LogP contribution in [0.2, 0.25) is 0 Å². The maximum atomic E-state index is 5.61. The molecule has 2 rings (SSSR count). The van der Waals surface area contributed by atoms with Crippen LogP contribution in [0.15, 0.2) is 4.99 Å². The normalized spacial score (nSPS) is 24.6. The molecule has 0 aromatic rings. The van der Waals surface area contributed by atoms with Gasteiger partial charge in [0.1, 0.15) is 0 Å². The number of ether oxygens (including phenoxy) is 1. The van der Waals surface area contributed by atoms with Crippen LogP contribution in [0.5, 0.6) is 0 Å². The first-order valence-corrected chi connectivity index (χ1v) is 9.06. The second-order valence-corrected chi connectivity index (χ2v) is 6.75. The topological polar surface area (TPSA) is 48.9 Å². The van der Waals surface area contributed by atoms with Crippen molar-refractivity contribution in [1.82, 2.24) is 15.5 Å². The molecule has 22 heavy (non-hydrogen) atoms. The first-order valence-electron chi connectivity index (χ1n) is 9.06. The van der Waals surface area contributed by atoms with Crippen molar-refractivity contribution in [3.05, 3.63) is 0 Å². The van der Waals surface area contributed by atoms with Gasteiger partial charge in [0, 0.05) is 26.7 Å². The lowest BCUT2D eigenvalue weighted by Crippen LogP contribution is -2.41. The highest BCUT2D eigenvalue weighted by Crippen LogP contribution is 2.16. The third-order valence-electron chi connectivity index (χ3n) is 4.81. The van der Waals surface area contributed by atoms with Crippen LogP contribution in [0.3, 0.4) is 0 Å². The molecule has 0 aliphatic carbocycles. The van der Waals surface area contributed by atoms with Crippen LogP contribution in [0.4, 0.5) is 0 Å². The van der Waals surface area contributed by atoms with Crippen molar-refractivity contribution in [3.63, 3.8) is 0 Å². The van der Waals surface area contributed by atoms with Crippen molar-refractivity contribution in [2.45, 2.75) is 51.6 Å². The standard InChI is InChI=1S/C17H34N4O/c1-15-7-11-21(12-8-15)10-4-3-9-19-17(18-2)20-14-16-6-5-13-22-16/h15-16H,3-14H2,1-2H3,(H2,18,19,20). The summed E-state index contributed by atoms with van der Waals surface area (Å²) in [6.45, 7) is 8.97. The van der Waals surface area contributed by atoms with Crippen LogP contribution in [0.25, 0.3) is 0 Å². The zero-order chi connectivity index (χ0) is 15.6. The largest absolute Gasteiger partial charge is 0.376 e. The van der Waals surface area contributed by atoms with E-state index in [4.69, 9.17) is 4.74 Å². The highest BCUT2D eigenvalue weighted by atomic mass is 16.5. The molecule has 1 atom stereocenters. The van der Waals surface area contributed by atoms with Gasteiger partial charge in [-0.25, -0.2) is 0 Å². The number of piperidine rings is 1. The molecule has 2 aliphatic rings. The summed E-state index contributed by atoms with van der Waals surface area (Å²) in [7, 11) is 1.83. The number of aliphatic imine (C=N–C) groups is 1. The lowest BCUT2D eigenvalue weighted by Gasteiger charge is -2.30. The molecular formula is C17H34N4O. The van der Waals surface area contributed by atoms with E-state index in [1.165, 1.54) is 58.2 Å². The van der Waals surface area contributed by atoms with Crippen LogP contribution < -0.4 is 10.6 Å². The maximum Gasteiger partial charge on any atom is 0.191 e. The molecule has 2 fully saturated rings. The fraction of sp³-hybridized carbons (Fsp3) is 0.941.